The summed E-state index contributed by atoms with van der Waals surface area (Å²) < 4.78 is 10.7. The molecule has 0 spiro atoms. The van der Waals surface area contributed by atoms with E-state index in [0.29, 0.717) is 13.2 Å². The first-order valence-electron chi connectivity index (χ1n) is 9.65. The monoisotopic (exact) mass is 384 g/mol. The summed E-state index contributed by atoms with van der Waals surface area (Å²) in [5.74, 6) is -2.03. The molecule has 6 nitrogen and oxygen atoms in total. The van der Waals surface area contributed by atoms with Crippen molar-refractivity contribution in [2.24, 2.45) is 11.8 Å². The van der Waals surface area contributed by atoms with Crippen molar-refractivity contribution in [3.8, 4) is 0 Å². The van der Waals surface area contributed by atoms with Gasteiger partial charge in [-0.25, -0.2) is 0 Å². The lowest BCUT2D eigenvalue weighted by molar-refractivity contribution is -0.255. The van der Waals surface area contributed by atoms with Crippen LogP contribution in [0.1, 0.15) is 36.8 Å². The quantitative estimate of drug-likeness (QED) is 0.739. The molecule has 0 radical (unpaired) electrons. The van der Waals surface area contributed by atoms with E-state index in [1.165, 1.54) is 0 Å². The van der Waals surface area contributed by atoms with Crippen LogP contribution >= 0.6 is 0 Å². The minimum atomic E-state index is -0.444. The van der Waals surface area contributed by atoms with Gasteiger partial charge in [-0.2, -0.15) is 0 Å². The van der Waals surface area contributed by atoms with E-state index in [1.807, 2.05) is 48.5 Å². The molecule has 6 heteroatoms. The molecule has 2 aromatic carbocycles. The SMILES string of the molecule is CCOC(=O)C1C(c2ccc([NH3+])cc2)C(C(=O)OCC)C1c1ccc([NH3+])cc1. The number of carbonyl (C=O) groups is 2. The van der Waals surface area contributed by atoms with E-state index in [-0.39, 0.29) is 23.8 Å². The molecule has 0 saturated heterocycles. The van der Waals surface area contributed by atoms with Crippen LogP contribution in [0.4, 0.5) is 11.4 Å². The Morgan fingerprint density at radius 3 is 1.32 bits per heavy atom. The van der Waals surface area contributed by atoms with Crippen molar-refractivity contribution in [2.45, 2.75) is 25.7 Å². The Balaban J connectivity index is 2.05. The van der Waals surface area contributed by atoms with E-state index < -0.39 is 11.8 Å². The van der Waals surface area contributed by atoms with Crippen LogP contribution in [0, 0.1) is 11.8 Å². The lowest BCUT2D eigenvalue weighted by Crippen LogP contribution is -2.52. The van der Waals surface area contributed by atoms with E-state index in [4.69, 9.17) is 9.47 Å². The van der Waals surface area contributed by atoms with Gasteiger partial charge in [-0.05, 0) is 49.2 Å². The predicted molar refractivity (Wildman–Crippen MR) is 104 cm³/mol. The third-order valence-electron chi connectivity index (χ3n) is 5.39. The normalized spacial score (nSPS) is 23.6. The van der Waals surface area contributed by atoms with Gasteiger partial charge >= 0.3 is 11.9 Å². The van der Waals surface area contributed by atoms with E-state index >= 15 is 0 Å². The zero-order valence-corrected chi connectivity index (χ0v) is 16.4. The minimum absolute atomic E-state index is 0.282. The first-order chi connectivity index (χ1) is 13.5. The van der Waals surface area contributed by atoms with Crippen LogP contribution in [0.3, 0.4) is 0 Å². The van der Waals surface area contributed by atoms with Crippen molar-refractivity contribution in [2.75, 3.05) is 13.2 Å². The molecule has 0 aliphatic heterocycles. The van der Waals surface area contributed by atoms with Crippen molar-refractivity contribution in [1.82, 2.24) is 0 Å². The van der Waals surface area contributed by atoms with Crippen LogP contribution in [-0.2, 0) is 19.1 Å². The zero-order valence-electron chi connectivity index (χ0n) is 16.4. The molecule has 1 aliphatic carbocycles. The molecular formula is C22H28N2O4+2. The maximum atomic E-state index is 12.9. The van der Waals surface area contributed by atoms with Gasteiger partial charge in [0.15, 0.2) is 0 Å². The summed E-state index contributed by atoms with van der Waals surface area (Å²) >= 11 is 0. The van der Waals surface area contributed by atoms with E-state index in [9.17, 15) is 9.59 Å². The predicted octanol–water partition coefficient (Wildman–Crippen LogP) is 1.67. The van der Waals surface area contributed by atoms with Crippen molar-refractivity contribution in [3.05, 3.63) is 59.7 Å². The van der Waals surface area contributed by atoms with Gasteiger partial charge in [0, 0.05) is 11.8 Å². The second-order valence-corrected chi connectivity index (χ2v) is 7.09. The third kappa shape index (κ3) is 3.79. The lowest BCUT2D eigenvalue weighted by Gasteiger charge is -2.49. The van der Waals surface area contributed by atoms with Crippen molar-refractivity contribution in [1.29, 1.82) is 0 Å². The minimum Gasteiger partial charge on any atom is -0.466 e. The van der Waals surface area contributed by atoms with Crippen LogP contribution in [-0.4, -0.2) is 25.2 Å². The highest BCUT2D eigenvalue weighted by molar-refractivity contribution is 5.85. The molecule has 2 aromatic rings. The average molecular weight is 384 g/mol. The molecule has 3 rings (SSSR count). The molecule has 1 saturated carbocycles. The summed E-state index contributed by atoms with van der Waals surface area (Å²) in [5, 5.41) is 0. The Bertz CT molecular complexity index is 753. The summed E-state index contributed by atoms with van der Waals surface area (Å²) in [6.45, 7) is 4.18. The molecule has 148 valence electrons. The first kappa shape index (κ1) is 20.0. The van der Waals surface area contributed by atoms with Crippen LogP contribution in [0.25, 0.3) is 0 Å². The fourth-order valence-electron chi connectivity index (χ4n) is 4.12. The van der Waals surface area contributed by atoms with E-state index in [2.05, 4.69) is 11.5 Å². The number of quaternary nitrogens is 2. The fraction of sp³-hybridized carbons (Fsp3) is 0.364. The second kappa shape index (κ2) is 8.54. The van der Waals surface area contributed by atoms with Gasteiger partial charge < -0.3 is 20.9 Å². The Morgan fingerprint density at radius 2 is 1.04 bits per heavy atom. The Morgan fingerprint density at radius 1 is 0.714 bits per heavy atom. The Kier molecular flexibility index (Phi) is 6.11. The van der Waals surface area contributed by atoms with Gasteiger partial charge in [0.2, 0.25) is 0 Å². The van der Waals surface area contributed by atoms with Gasteiger partial charge in [-0.3, -0.25) is 9.59 Å². The highest BCUT2D eigenvalue weighted by Gasteiger charge is 2.59. The smallest absolute Gasteiger partial charge is 0.310 e. The molecule has 0 heterocycles. The number of hydrogen-bond donors (Lipinski definition) is 2. The van der Waals surface area contributed by atoms with Crippen molar-refractivity contribution >= 4 is 23.3 Å². The number of esters is 2. The number of benzene rings is 2. The molecule has 0 unspecified atom stereocenters. The molecule has 1 fully saturated rings. The summed E-state index contributed by atoms with van der Waals surface area (Å²) in [4.78, 5) is 25.7. The molecule has 1 aliphatic rings. The highest BCUT2D eigenvalue weighted by Crippen LogP contribution is 2.58. The molecule has 0 aromatic heterocycles. The molecular weight excluding hydrogens is 356 g/mol. The standard InChI is InChI=1S/C22H26N2O4/c1-3-27-21(25)19-17(13-5-9-15(23)10-6-13)20(22(26)28-4-2)18(19)14-7-11-16(24)12-8-14/h5-12,17-20H,3-4,23-24H2,1-2H3/p+2. The van der Waals surface area contributed by atoms with Gasteiger partial charge in [0.25, 0.3) is 0 Å². The van der Waals surface area contributed by atoms with E-state index in [0.717, 1.165) is 22.5 Å². The van der Waals surface area contributed by atoms with Crippen LogP contribution in [0.15, 0.2) is 48.5 Å². The topological polar surface area (TPSA) is 108 Å². The van der Waals surface area contributed by atoms with Gasteiger partial charge in [-0.1, -0.05) is 24.3 Å². The number of hydrogen-bond acceptors (Lipinski definition) is 4. The molecule has 0 bridgehead atoms. The maximum absolute atomic E-state index is 12.9. The average Bonchev–Trinajstić information content (AvgIpc) is 2.64. The van der Waals surface area contributed by atoms with Gasteiger partial charge in [-0.15, -0.1) is 0 Å². The first-order valence-corrected chi connectivity index (χ1v) is 9.65. The summed E-state index contributed by atoms with van der Waals surface area (Å²) in [5.41, 5.74) is 11.4. The largest absolute Gasteiger partial charge is 0.466 e. The summed E-state index contributed by atoms with van der Waals surface area (Å²) in [6.07, 6.45) is 0. The Labute approximate surface area is 164 Å². The highest BCUT2D eigenvalue weighted by atomic mass is 16.5. The molecule has 6 N–H and O–H groups in total. The van der Waals surface area contributed by atoms with Crippen LogP contribution in [0.5, 0.6) is 0 Å². The molecule has 28 heavy (non-hydrogen) atoms. The van der Waals surface area contributed by atoms with Gasteiger partial charge in [0.05, 0.1) is 25.0 Å². The number of rotatable bonds is 6. The summed E-state index contributed by atoms with van der Waals surface area (Å²) in [6, 6.07) is 15.3. The molecule has 0 amide bonds. The maximum Gasteiger partial charge on any atom is 0.310 e. The zero-order chi connectivity index (χ0) is 20.3. The number of ether oxygens (including phenoxy) is 2. The third-order valence-corrected chi connectivity index (χ3v) is 5.39. The van der Waals surface area contributed by atoms with Crippen molar-refractivity contribution < 1.29 is 30.5 Å². The summed E-state index contributed by atoms with van der Waals surface area (Å²) in [7, 11) is 0. The fourth-order valence-corrected chi connectivity index (χ4v) is 4.12. The van der Waals surface area contributed by atoms with Crippen LogP contribution < -0.4 is 11.5 Å². The second-order valence-electron chi connectivity index (χ2n) is 7.09. The van der Waals surface area contributed by atoms with E-state index in [1.54, 1.807) is 13.8 Å². The number of carbonyl (C=O) groups excluding carboxylic acids is 2. The van der Waals surface area contributed by atoms with Crippen LogP contribution in [0.2, 0.25) is 0 Å². The van der Waals surface area contributed by atoms with Crippen molar-refractivity contribution in [3.63, 3.8) is 0 Å². The Hall–Kier alpha value is -2.70. The lowest BCUT2D eigenvalue weighted by atomic mass is 9.52. The molecule has 0 atom stereocenters. The van der Waals surface area contributed by atoms with Gasteiger partial charge in [0.1, 0.15) is 11.4 Å².